The maximum Gasteiger partial charge on any atom is 0.313 e. The van der Waals surface area contributed by atoms with E-state index in [4.69, 9.17) is 4.74 Å². The van der Waals surface area contributed by atoms with Gasteiger partial charge in [-0.3, -0.25) is 9.59 Å². The molecule has 0 unspecified atom stereocenters. The van der Waals surface area contributed by atoms with Crippen molar-refractivity contribution in [2.24, 2.45) is 0 Å². The highest BCUT2D eigenvalue weighted by Gasteiger charge is 2.28. The number of piperidine rings is 1. The highest BCUT2D eigenvalue weighted by atomic mass is 16.5. The number of nitrogens with zero attached hydrogens (tertiary/aromatic N) is 1. The average molecular weight is 364 g/mol. The molecule has 2 aromatic carbocycles. The number of ether oxygens (including phenoxy) is 1. The topological polar surface area (TPSA) is 58.6 Å². The van der Waals surface area contributed by atoms with E-state index in [9.17, 15) is 9.59 Å². The van der Waals surface area contributed by atoms with E-state index in [1.807, 2.05) is 42.5 Å². The van der Waals surface area contributed by atoms with Crippen LogP contribution in [0, 0.1) is 0 Å². The lowest BCUT2D eigenvalue weighted by atomic mass is 10.1. The maximum absolute atomic E-state index is 12.5. The summed E-state index contributed by atoms with van der Waals surface area (Å²) in [5.41, 5.74) is 3.33. The second kappa shape index (κ2) is 7.82. The zero-order chi connectivity index (χ0) is 18.6. The summed E-state index contributed by atoms with van der Waals surface area (Å²) in [5, 5.41) is 2.76. The molecule has 0 atom stereocenters. The quantitative estimate of drug-likeness (QED) is 0.851. The van der Waals surface area contributed by atoms with Crippen LogP contribution in [0.15, 0.2) is 48.5 Å². The Bertz CT molecular complexity index is 827. The minimum atomic E-state index is -0.560. The highest BCUT2D eigenvalue weighted by Crippen LogP contribution is 2.25. The molecule has 27 heavy (non-hydrogen) atoms. The van der Waals surface area contributed by atoms with Crippen molar-refractivity contribution < 1.29 is 14.3 Å². The molecule has 0 saturated carbocycles. The van der Waals surface area contributed by atoms with Crippen molar-refractivity contribution in [3.63, 3.8) is 0 Å². The second-order valence-corrected chi connectivity index (χ2v) is 7.21. The first kappa shape index (κ1) is 17.6. The molecule has 2 amide bonds. The van der Waals surface area contributed by atoms with Crippen LogP contribution in [0.2, 0.25) is 0 Å². The van der Waals surface area contributed by atoms with Gasteiger partial charge in [-0.05, 0) is 54.7 Å². The number of para-hydroxylation sites is 1. The van der Waals surface area contributed by atoms with Gasteiger partial charge in [0.2, 0.25) is 0 Å². The number of hydrogen-bond donors (Lipinski definition) is 1. The van der Waals surface area contributed by atoms with Gasteiger partial charge in [-0.25, -0.2) is 0 Å². The summed E-state index contributed by atoms with van der Waals surface area (Å²) in [7, 11) is 0. The molecule has 5 nitrogen and oxygen atoms in total. The normalized spacial score (nSPS) is 16.7. The Balaban J connectivity index is 1.29. The molecule has 0 aromatic heterocycles. The Labute approximate surface area is 159 Å². The minimum Gasteiger partial charge on any atom is -0.490 e. The van der Waals surface area contributed by atoms with Gasteiger partial charge in [-0.2, -0.15) is 0 Å². The highest BCUT2D eigenvalue weighted by molar-refractivity contribution is 6.39. The number of fused-ring (bicyclic) bond motifs is 1. The van der Waals surface area contributed by atoms with Crippen LogP contribution in [0.1, 0.15) is 30.4 Å². The fourth-order valence-electron chi connectivity index (χ4n) is 3.85. The van der Waals surface area contributed by atoms with Crippen molar-refractivity contribution in [3.8, 4) is 5.75 Å². The standard InChI is InChI=1S/C22H24N2O3/c25-21(23-18-10-9-16-5-4-6-17(16)15-18)22(26)24-13-11-20(12-14-24)27-19-7-2-1-3-8-19/h1-3,7-10,15,20H,4-6,11-14H2,(H,23,25). The summed E-state index contributed by atoms with van der Waals surface area (Å²) in [4.78, 5) is 26.4. The van der Waals surface area contributed by atoms with Crippen LogP contribution >= 0.6 is 0 Å². The predicted molar refractivity (Wildman–Crippen MR) is 104 cm³/mol. The first-order valence-electron chi connectivity index (χ1n) is 9.63. The van der Waals surface area contributed by atoms with Gasteiger partial charge < -0.3 is 15.0 Å². The molecule has 1 aliphatic carbocycles. The molecule has 1 fully saturated rings. The van der Waals surface area contributed by atoms with Crippen LogP contribution in [0.25, 0.3) is 0 Å². The molecular formula is C22H24N2O3. The molecule has 0 spiro atoms. The second-order valence-electron chi connectivity index (χ2n) is 7.21. The smallest absolute Gasteiger partial charge is 0.313 e. The largest absolute Gasteiger partial charge is 0.490 e. The third-order valence-corrected chi connectivity index (χ3v) is 5.33. The summed E-state index contributed by atoms with van der Waals surface area (Å²) in [6.45, 7) is 1.07. The molecule has 1 N–H and O–H groups in total. The van der Waals surface area contributed by atoms with Gasteiger partial charge in [0.05, 0.1) is 0 Å². The molecule has 1 aliphatic heterocycles. The van der Waals surface area contributed by atoms with Gasteiger partial charge in [0, 0.05) is 31.6 Å². The monoisotopic (exact) mass is 364 g/mol. The molecule has 1 saturated heterocycles. The molecular weight excluding hydrogens is 340 g/mol. The van der Waals surface area contributed by atoms with E-state index in [0.717, 1.165) is 37.9 Å². The fraction of sp³-hybridized carbons (Fsp3) is 0.364. The molecule has 2 aliphatic rings. The van der Waals surface area contributed by atoms with Gasteiger partial charge in [0.25, 0.3) is 0 Å². The van der Waals surface area contributed by atoms with Crippen LogP contribution in [-0.4, -0.2) is 35.9 Å². The van der Waals surface area contributed by atoms with E-state index >= 15 is 0 Å². The van der Waals surface area contributed by atoms with Gasteiger partial charge in [-0.15, -0.1) is 0 Å². The Morgan fingerprint density at radius 3 is 2.48 bits per heavy atom. The number of hydrogen-bond acceptors (Lipinski definition) is 3. The van der Waals surface area contributed by atoms with Crippen molar-refractivity contribution >= 4 is 17.5 Å². The lowest BCUT2D eigenvalue weighted by Gasteiger charge is -2.31. The first-order chi connectivity index (χ1) is 13.2. The van der Waals surface area contributed by atoms with E-state index in [0.29, 0.717) is 18.8 Å². The first-order valence-corrected chi connectivity index (χ1v) is 9.63. The van der Waals surface area contributed by atoms with Crippen molar-refractivity contribution in [1.82, 2.24) is 4.90 Å². The van der Waals surface area contributed by atoms with Crippen LogP contribution in [0.3, 0.4) is 0 Å². The molecule has 5 heteroatoms. The lowest BCUT2D eigenvalue weighted by Crippen LogP contribution is -2.46. The summed E-state index contributed by atoms with van der Waals surface area (Å²) < 4.78 is 5.94. The Morgan fingerprint density at radius 1 is 0.963 bits per heavy atom. The van der Waals surface area contributed by atoms with Crippen molar-refractivity contribution in [3.05, 3.63) is 59.7 Å². The molecule has 1 heterocycles. The summed E-state index contributed by atoms with van der Waals surface area (Å²) in [6.07, 6.45) is 4.84. The van der Waals surface area contributed by atoms with Crippen molar-refractivity contribution in [1.29, 1.82) is 0 Å². The maximum atomic E-state index is 12.5. The Morgan fingerprint density at radius 2 is 1.70 bits per heavy atom. The number of amides is 2. The Hall–Kier alpha value is -2.82. The molecule has 140 valence electrons. The molecule has 2 aromatic rings. The van der Waals surface area contributed by atoms with Crippen LogP contribution in [0.4, 0.5) is 5.69 Å². The summed E-state index contributed by atoms with van der Waals surface area (Å²) in [5.74, 6) is -0.180. The number of carbonyl (C=O) groups excluding carboxylic acids is 2. The van der Waals surface area contributed by atoms with E-state index < -0.39 is 11.8 Å². The number of carbonyl (C=O) groups is 2. The number of likely N-dealkylation sites (tertiary alicyclic amines) is 1. The fourth-order valence-corrected chi connectivity index (χ4v) is 3.85. The van der Waals surface area contributed by atoms with E-state index in [-0.39, 0.29) is 6.10 Å². The number of rotatable bonds is 3. The minimum absolute atomic E-state index is 0.0798. The zero-order valence-electron chi connectivity index (χ0n) is 15.3. The Kier molecular flexibility index (Phi) is 5.10. The van der Waals surface area contributed by atoms with E-state index in [2.05, 4.69) is 11.4 Å². The van der Waals surface area contributed by atoms with Crippen LogP contribution < -0.4 is 10.1 Å². The molecule has 4 rings (SSSR count). The van der Waals surface area contributed by atoms with Crippen molar-refractivity contribution in [2.45, 2.75) is 38.2 Å². The number of anilines is 1. The van der Waals surface area contributed by atoms with Gasteiger partial charge in [-0.1, -0.05) is 24.3 Å². The molecule has 0 radical (unpaired) electrons. The SMILES string of the molecule is O=C(Nc1ccc2c(c1)CCC2)C(=O)N1CCC(Oc2ccccc2)CC1. The predicted octanol–water partition coefficient (Wildman–Crippen LogP) is 3.18. The molecule has 0 bridgehead atoms. The van der Waals surface area contributed by atoms with Gasteiger partial charge in [0.15, 0.2) is 0 Å². The summed E-state index contributed by atoms with van der Waals surface area (Å²) in [6, 6.07) is 15.6. The third-order valence-electron chi connectivity index (χ3n) is 5.33. The third kappa shape index (κ3) is 4.13. The number of nitrogens with one attached hydrogen (secondary N) is 1. The van der Waals surface area contributed by atoms with Crippen LogP contribution in [-0.2, 0) is 22.4 Å². The number of aryl methyl sites for hydroxylation is 2. The zero-order valence-corrected chi connectivity index (χ0v) is 15.3. The lowest BCUT2D eigenvalue weighted by molar-refractivity contribution is -0.144. The van der Waals surface area contributed by atoms with Crippen LogP contribution in [0.5, 0.6) is 5.75 Å². The van der Waals surface area contributed by atoms with Crippen molar-refractivity contribution in [2.75, 3.05) is 18.4 Å². The summed E-state index contributed by atoms with van der Waals surface area (Å²) >= 11 is 0. The van der Waals surface area contributed by atoms with E-state index in [1.165, 1.54) is 11.1 Å². The van der Waals surface area contributed by atoms with E-state index in [1.54, 1.807) is 4.90 Å². The van der Waals surface area contributed by atoms with Gasteiger partial charge in [0.1, 0.15) is 11.9 Å². The van der Waals surface area contributed by atoms with Gasteiger partial charge >= 0.3 is 11.8 Å². The average Bonchev–Trinajstić information content (AvgIpc) is 3.16. The number of benzene rings is 2.